The van der Waals surface area contributed by atoms with Gasteiger partial charge in [-0.3, -0.25) is 9.59 Å². The fraction of sp³-hybridized carbons (Fsp3) is 0.857. The average molecular weight is 250 g/mol. The molecule has 4 nitrogen and oxygen atoms in total. The van der Waals surface area contributed by atoms with Crippen LogP contribution in [0.3, 0.4) is 0 Å². The van der Waals surface area contributed by atoms with Gasteiger partial charge in [0, 0.05) is 11.8 Å². The first-order valence-electron chi connectivity index (χ1n) is 7.33. The van der Waals surface area contributed by atoms with Gasteiger partial charge in [0.1, 0.15) is 5.66 Å². The van der Waals surface area contributed by atoms with Crippen LogP contribution in [0.1, 0.15) is 57.8 Å². The zero-order valence-corrected chi connectivity index (χ0v) is 10.8. The first kappa shape index (κ1) is 12.0. The van der Waals surface area contributed by atoms with Crippen LogP contribution in [0.25, 0.3) is 0 Å². The predicted octanol–water partition coefficient (Wildman–Crippen LogP) is 1.70. The van der Waals surface area contributed by atoms with Crippen LogP contribution in [0.2, 0.25) is 0 Å². The summed E-state index contributed by atoms with van der Waals surface area (Å²) in [6, 6.07) is 0. The van der Waals surface area contributed by atoms with Gasteiger partial charge < -0.3 is 10.6 Å². The van der Waals surface area contributed by atoms with E-state index in [1.807, 2.05) is 0 Å². The van der Waals surface area contributed by atoms with E-state index < -0.39 is 5.66 Å². The molecule has 2 N–H and O–H groups in total. The van der Waals surface area contributed by atoms with Crippen LogP contribution in [0.5, 0.6) is 0 Å². The van der Waals surface area contributed by atoms with Gasteiger partial charge in [-0.15, -0.1) is 0 Å². The highest BCUT2D eigenvalue weighted by Crippen LogP contribution is 2.34. The van der Waals surface area contributed by atoms with Crippen molar-refractivity contribution in [3.8, 4) is 0 Å². The quantitative estimate of drug-likeness (QED) is 0.746. The molecule has 0 aromatic rings. The Kier molecular flexibility index (Phi) is 3.04. The van der Waals surface area contributed by atoms with Crippen LogP contribution in [-0.2, 0) is 9.59 Å². The molecule has 0 spiro atoms. The Morgan fingerprint density at radius 3 is 1.67 bits per heavy atom. The molecule has 0 aromatic carbocycles. The van der Waals surface area contributed by atoms with Gasteiger partial charge in [0.05, 0.1) is 0 Å². The number of amides is 2. The molecule has 3 rings (SSSR count). The lowest BCUT2D eigenvalue weighted by atomic mass is 9.84. The Bertz CT molecular complexity index is 353. The molecule has 3 fully saturated rings. The lowest BCUT2D eigenvalue weighted by Gasteiger charge is -2.35. The van der Waals surface area contributed by atoms with E-state index in [0.29, 0.717) is 0 Å². The Morgan fingerprint density at radius 2 is 1.28 bits per heavy atom. The zero-order chi connectivity index (χ0) is 12.6. The van der Waals surface area contributed by atoms with Gasteiger partial charge in [-0.25, -0.2) is 0 Å². The van der Waals surface area contributed by atoms with Gasteiger partial charge in [0.15, 0.2) is 0 Å². The van der Waals surface area contributed by atoms with Gasteiger partial charge in [-0.1, -0.05) is 6.42 Å². The molecule has 2 amide bonds. The van der Waals surface area contributed by atoms with E-state index in [4.69, 9.17) is 0 Å². The summed E-state index contributed by atoms with van der Waals surface area (Å²) in [5, 5.41) is 6.25. The standard InChI is InChI=1S/C14H22N2O2/c17-12(10-4-3-5-10)15-14(8-1-2-9-14)16-13(18)11-6-7-11/h10-11H,1-9H2,(H,15,17)(H,16,18). The van der Waals surface area contributed by atoms with Crippen LogP contribution in [0, 0.1) is 11.8 Å². The van der Waals surface area contributed by atoms with Crippen molar-refractivity contribution >= 4 is 11.8 Å². The van der Waals surface area contributed by atoms with Crippen molar-refractivity contribution in [3.63, 3.8) is 0 Å². The van der Waals surface area contributed by atoms with Gasteiger partial charge >= 0.3 is 0 Å². The van der Waals surface area contributed by atoms with E-state index in [9.17, 15) is 9.59 Å². The minimum atomic E-state index is -0.424. The minimum absolute atomic E-state index is 0.144. The van der Waals surface area contributed by atoms with Crippen molar-refractivity contribution in [2.45, 2.75) is 63.5 Å². The molecular formula is C14H22N2O2. The molecule has 0 bridgehead atoms. The Balaban J connectivity index is 1.61. The van der Waals surface area contributed by atoms with E-state index in [0.717, 1.165) is 51.4 Å². The van der Waals surface area contributed by atoms with Crippen LogP contribution < -0.4 is 10.6 Å². The number of hydrogen-bond acceptors (Lipinski definition) is 2. The monoisotopic (exact) mass is 250 g/mol. The summed E-state index contributed by atoms with van der Waals surface area (Å²) in [5.74, 6) is 0.702. The number of carbonyl (C=O) groups is 2. The van der Waals surface area contributed by atoms with Crippen LogP contribution in [0.15, 0.2) is 0 Å². The first-order chi connectivity index (χ1) is 8.69. The normalized spacial score (nSPS) is 26.4. The second-order valence-corrected chi connectivity index (χ2v) is 6.17. The van der Waals surface area contributed by atoms with Crippen LogP contribution in [0.4, 0.5) is 0 Å². The lowest BCUT2D eigenvalue weighted by molar-refractivity contribution is -0.131. The third-order valence-corrected chi connectivity index (χ3v) is 4.61. The molecule has 4 heteroatoms. The number of carbonyl (C=O) groups excluding carboxylic acids is 2. The minimum Gasteiger partial charge on any atom is -0.333 e. The summed E-state index contributed by atoms with van der Waals surface area (Å²) < 4.78 is 0. The van der Waals surface area contributed by atoms with Crippen molar-refractivity contribution in [1.82, 2.24) is 10.6 Å². The molecule has 100 valence electrons. The number of hydrogen-bond donors (Lipinski definition) is 2. The summed E-state index contributed by atoms with van der Waals surface area (Å²) in [5.41, 5.74) is -0.424. The highest BCUT2D eigenvalue weighted by Gasteiger charge is 2.41. The van der Waals surface area contributed by atoms with E-state index >= 15 is 0 Å². The molecule has 3 aliphatic rings. The topological polar surface area (TPSA) is 58.2 Å². The number of nitrogens with one attached hydrogen (secondary N) is 2. The van der Waals surface area contributed by atoms with Crippen LogP contribution >= 0.6 is 0 Å². The molecule has 0 heterocycles. The first-order valence-corrected chi connectivity index (χ1v) is 7.33. The summed E-state index contributed by atoms with van der Waals surface area (Å²) in [6.45, 7) is 0. The number of rotatable bonds is 4. The molecule has 0 atom stereocenters. The van der Waals surface area contributed by atoms with E-state index in [1.165, 1.54) is 6.42 Å². The maximum Gasteiger partial charge on any atom is 0.224 e. The Labute approximate surface area is 108 Å². The summed E-state index contributed by atoms with van der Waals surface area (Å²) >= 11 is 0. The third kappa shape index (κ3) is 2.38. The largest absolute Gasteiger partial charge is 0.333 e. The van der Waals surface area contributed by atoms with Crippen molar-refractivity contribution < 1.29 is 9.59 Å². The Hall–Kier alpha value is -1.06. The molecule has 18 heavy (non-hydrogen) atoms. The van der Waals surface area contributed by atoms with E-state index in [1.54, 1.807) is 0 Å². The van der Waals surface area contributed by atoms with Gasteiger partial charge in [-0.05, 0) is 51.4 Å². The Morgan fingerprint density at radius 1 is 0.778 bits per heavy atom. The molecule has 0 unspecified atom stereocenters. The molecule has 0 aliphatic heterocycles. The fourth-order valence-electron chi connectivity index (χ4n) is 2.95. The maximum absolute atomic E-state index is 12.1. The lowest BCUT2D eigenvalue weighted by Crippen LogP contribution is -2.60. The molecule has 0 radical (unpaired) electrons. The molecule has 3 saturated carbocycles. The van der Waals surface area contributed by atoms with Crippen LogP contribution in [-0.4, -0.2) is 17.5 Å². The second kappa shape index (κ2) is 4.56. The summed E-state index contributed by atoms with van der Waals surface area (Å²) in [4.78, 5) is 24.0. The van der Waals surface area contributed by atoms with Crippen molar-refractivity contribution in [3.05, 3.63) is 0 Å². The fourth-order valence-corrected chi connectivity index (χ4v) is 2.95. The van der Waals surface area contributed by atoms with Crippen molar-refractivity contribution in [2.75, 3.05) is 0 Å². The summed E-state index contributed by atoms with van der Waals surface area (Å²) in [6.07, 6.45) is 9.19. The smallest absolute Gasteiger partial charge is 0.224 e. The second-order valence-electron chi connectivity index (χ2n) is 6.17. The molecule has 3 aliphatic carbocycles. The van der Waals surface area contributed by atoms with E-state index in [-0.39, 0.29) is 23.7 Å². The highest BCUT2D eigenvalue weighted by atomic mass is 16.2. The van der Waals surface area contributed by atoms with Gasteiger partial charge in [-0.2, -0.15) is 0 Å². The maximum atomic E-state index is 12.1. The predicted molar refractivity (Wildman–Crippen MR) is 67.5 cm³/mol. The summed E-state index contributed by atoms with van der Waals surface area (Å²) in [7, 11) is 0. The third-order valence-electron chi connectivity index (χ3n) is 4.61. The molecule has 0 saturated heterocycles. The van der Waals surface area contributed by atoms with Gasteiger partial charge in [0.25, 0.3) is 0 Å². The molecular weight excluding hydrogens is 228 g/mol. The van der Waals surface area contributed by atoms with E-state index in [2.05, 4.69) is 10.6 Å². The average Bonchev–Trinajstić information content (AvgIpc) is 2.99. The zero-order valence-electron chi connectivity index (χ0n) is 10.8. The highest BCUT2D eigenvalue weighted by molar-refractivity contribution is 5.84. The van der Waals surface area contributed by atoms with Crippen molar-refractivity contribution in [1.29, 1.82) is 0 Å². The SMILES string of the molecule is O=C(NC1(NC(=O)C2CC2)CCCC1)C1CCC1. The molecule has 0 aromatic heterocycles. The van der Waals surface area contributed by atoms with Gasteiger partial charge in [0.2, 0.25) is 11.8 Å². The van der Waals surface area contributed by atoms with Crippen molar-refractivity contribution in [2.24, 2.45) is 11.8 Å².